The van der Waals surface area contributed by atoms with E-state index in [9.17, 15) is 19.8 Å². The second kappa shape index (κ2) is 10.1. The van der Waals surface area contributed by atoms with Crippen molar-refractivity contribution in [2.75, 3.05) is 13.2 Å². The number of fused-ring (bicyclic) bond motifs is 3. The molecule has 0 unspecified atom stereocenters. The van der Waals surface area contributed by atoms with Gasteiger partial charge in [0.2, 0.25) is 11.8 Å². The predicted molar refractivity (Wildman–Crippen MR) is 127 cm³/mol. The Hall–Kier alpha value is -2.38. The average Bonchev–Trinajstić information content (AvgIpc) is 3.53. The third-order valence-corrected chi connectivity index (χ3v) is 8.13. The zero-order valence-electron chi connectivity index (χ0n) is 19.7. The van der Waals surface area contributed by atoms with Crippen molar-refractivity contribution >= 4 is 11.8 Å². The van der Waals surface area contributed by atoms with Crippen LogP contribution < -0.4 is 10.1 Å². The molecule has 184 valence electrons. The summed E-state index contributed by atoms with van der Waals surface area (Å²) in [5.74, 6) is 0.0980. The molecule has 34 heavy (non-hydrogen) atoms. The van der Waals surface area contributed by atoms with Gasteiger partial charge in [-0.05, 0) is 37.8 Å². The molecule has 4 aliphatic rings. The summed E-state index contributed by atoms with van der Waals surface area (Å²) in [5.41, 5.74) is 1.39. The number of aliphatic hydroxyl groups excluding tert-OH is 2. The maximum Gasteiger partial charge on any atom is 0.247 e. The summed E-state index contributed by atoms with van der Waals surface area (Å²) in [6.45, 7) is -0.00273. The molecule has 1 aromatic carbocycles. The molecule has 5 rings (SSSR count). The molecule has 0 bridgehead atoms. The Morgan fingerprint density at radius 2 is 1.74 bits per heavy atom. The average molecular weight is 469 g/mol. The lowest BCUT2D eigenvalue weighted by molar-refractivity contribution is -0.145. The van der Waals surface area contributed by atoms with E-state index in [1.165, 1.54) is 6.42 Å². The molecule has 3 N–H and O–H groups in total. The van der Waals surface area contributed by atoms with Gasteiger partial charge in [0, 0.05) is 29.6 Å². The van der Waals surface area contributed by atoms with E-state index < -0.39 is 24.2 Å². The van der Waals surface area contributed by atoms with Crippen LogP contribution in [0.5, 0.6) is 5.75 Å². The highest BCUT2D eigenvalue weighted by Crippen LogP contribution is 2.48. The molecule has 0 spiro atoms. The number of hydrogen-bond donors (Lipinski definition) is 3. The van der Waals surface area contributed by atoms with E-state index in [-0.39, 0.29) is 36.9 Å². The summed E-state index contributed by atoms with van der Waals surface area (Å²) in [7, 11) is 0. The van der Waals surface area contributed by atoms with E-state index in [1.807, 2.05) is 35.2 Å². The van der Waals surface area contributed by atoms with Gasteiger partial charge in [-0.1, -0.05) is 50.3 Å². The SMILES string of the molecule is O=C(NCCO)C1=C[C@@H](N(C(=O)C2CCCC2)C2CCCCC2)[C@H](O)[C@H]2Oc3ccccc3[C@@H]12. The lowest BCUT2D eigenvalue weighted by Crippen LogP contribution is -2.59. The van der Waals surface area contributed by atoms with Crippen molar-refractivity contribution in [1.82, 2.24) is 10.2 Å². The van der Waals surface area contributed by atoms with Crippen molar-refractivity contribution in [3.63, 3.8) is 0 Å². The maximum absolute atomic E-state index is 13.9. The molecule has 0 aromatic heterocycles. The summed E-state index contributed by atoms with van der Waals surface area (Å²) in [6, 6.07) is 7.04. The molecule has 3 aliphatic carbocycles. The maximum atomic E-state index is 13.9. The van der Waals surface area contributed by atoms with Crippen LogP contribution in [0.15, 0.2) is 35.9 Å². The molecule has 0 radical (unpaired) electrons. The molecular formula is C27H36N2O5. The van der Waals surface area contributed by atoms with E-state index in [4.69, 9.17) is 4.74 Å². The molecule has 1 aliphatic heterocycles. The molecule has 7 heteroatoms. The van der Waals surface area contributed by atoms with Gasteiger partial charge in [0.05, 0.1) is 18.6 Å². The van der Waals surface area contributed by atoms with Crippen molar-refractivity contribution in [2.24, 2.45) is 5.92 Å². The van der Waals surface area contributed by atoms with E-state index in [2.05, 4.69) is 5.32 Å². The summed E-state index contributed by atoms with van der Waals surface area (Å²) in [5, 5.41) is 23.7. The van der Waals surface area contributed by atoms with Crippen LogP contribution in [-0.4, -0.2) is 64.4 Å². The quantitative estimate of drug-likeness (QED) is 0.596. The highest BCUT2D eigenvalue weighted by Gasteiger charge is 2.51. The fraction of sp³-hybridized carbons (Fsp3) is 0.630. The smallest absolute Gasteiger partial charge is 0.247 e. The number of aliphatic hydroxyl groups is 2. The van der Waals surface area contributed by atoms with E-state index in [0.29, 0.717) is 11.3 Å². The fourth-order valence-corrected chi connectivity index (χ4v) is 6.47. The van der Waals surface area contributed by atoms with Gasteiger partial charge in [0.1, 0.15) is 18.0 Å². The number of carbonyl (C=O) groups is 2. The summed E-state index contributed by atoms with van der Waals surface area (Å²) in [4.78, 5) is 29.0. The van der Waals surface area contributed by atoms with Crippen LogP contribution in [0.4, 0.5) is 0 Å². The molecule has 2 saturated carbocycles. The van der Waals surface area contributed by atoms with Gasteiger partial charge < -0.3 is 25.2 Å². The van der Waals surface area contributed by atoms with Gasteiger partial charge in [-0.3, -0.25) is 9.59 Å². The third-order valence-electron chi connectivity index (χ3n) is 8.13. The Morgan fingerprint density at radius 1 is 1.03 bits per heavy atom. The molecule has 1 heterocycles. The van der Waals surface area contributed by atoms with Gasteiger partial charge in [0.25, 0.3) is 0 Å². The summed E-state index contributed by atoms with van der Waals surface area (Å²) < 4.78 is 6.22. The molecule has 4 atom stereocenters. The lowest BCUT2D eigenvalue weighted by Gasteiger charge is -2.46. The number of nitrogens with zero attached hydrogens (tertiary/aromatic N) is 1. The number of carbonyl (C=O) groups excluding carboxylic acids is 2. The highest BCUT2D eigenvalue weighted by atomic mass is 16.5. The summed E-state index contributed by atoms with van der Waals surface area (Å²) in [6.07, 6.45) is 9.35. The monoisotopic (exact) mass is 468 g/mol. The van der Waals surface area contributed by atoms with Crippen molar-refractivity contribution in [3.05, 3.63) is 41.5 Å². The van der Waals surface area contributed by atoms with Crippen molar-refractivity contribution in [3.8, 4) is 5.75 Å². The number of amides is 2. The predicted octanol–water partition coefficient (Wildman–Crippen LogP) is 2.66. The largest absolute Gasteiger partial charge is 0.486 e. The minimum absolute atomic E-state index is 0.00592. The van der Waals surface area contributed by atoms with Crippen molar-refractivity contribution in [1.29, 1.82) is 0 Å². The molecule has 2 amide bonds. The van der Waals surface area contributed by atoms with E-state index in [1.54, 1.807) is 0 Å². The topological polar surface area (TPSA) is 99.1 Å². The number of ether oxygens (including phenoxy) is 1. The van der Waals surface area contributed by atoms with Crippen LogP contribution in [0.1, 0.15) is 69.3 Å². The van der Waals surface area contributed by atoms with E-state index >= 15 is 0 Å². The molecule has 0 saturated heterocycles. The molecule has 1 aromatic rings. The molecule has 7 nitrogen and oxygen atoms in total. The van der Waals surface area contributed by atoms with Gasteiger partial charge >= 0.3 is 0 Å². The zero-order valence-corrected chi connectivity index (χ0v) is 19.7. The van der Waals surface area contributed by atoms with Crippen molar-refractivity contribution < 1.29 is 24.5 Å². The van der Waals surface area contributed by atoms with Crippen LogP contribution in [-0.2, 0) is 9.59 Å². The highest BCUT2D eigenvalue weighted by molar-refractivity contribution is 5.96. The first-order chi connectivity index (χ1) is 16.6. The Bertz CT molecular complexity index is 935. The normalized spacial score (nSPS) is 29.1. The van der Waals surface area contributed by atoms with Crippen LogP contribution in [0.25, 0.3) is 0 Å². The van der Waals surface area contributed by atoms with Crippen LogP contribution in [0, 0.1) is 5.92 Å². The van der Waals surface area contributed by atoms with Gasteiger partial charge in [-0.15, -0.1) is 0 Å². The number of para-hydroxylation sites is 1. The van der Waals surface area contributed by atoms with Crippen LogP contribution in [0.3, 0.4) is 0 Å². The zero-order chi connectivity index (χ0) is 23.7. The Morgan fingerprint density at radius 3 is 2.47 bits per heavy atom. The van der Waals surface area contributed by atoms with Crippen LogP contribution >= 0.6 is 0 Å². The van der Waals surface area contributed by atoms with Gasteiger partial charge in [-0.2, -0.15) is 0 Å². The number of hydrogen-bond acceptors (Lipinski definition) is 5. The first-order valence-corrected chi connectivity index (χ1v) is 13.0. The second-order valence-corrected chi connectivity index (χ2v) is 10.2. The second-order valence-electron chi connectivity index (χ2n) is 10.2. The van der Waals surface area contributed by atoms with Crippen LogP contribution in [0.2, 0.25) is 0 Å². The standard InChI is InChI=1S/C27H36N2O5/c30-15-14-28-26(32)20-16-21(24(31)25-23(20)19-12-6-7-13-22(19)34-25)29(18-10-2-1-3-11-18)27(33)17-8-4-5-9-17/h6-7,12-13,16-18,21,23-25,30-31H,1-5,8-11,14-15H2,(H,28,32)/t21-,23+,24+,25+/m1/s1. The Kier molecular flexibility index (Phi) is 6.93. The Balaban J connectivity index is 1.54. The number of benzene rings is 1. The first-order valence-electron chi connectivity index (χ1n) is 13.0. The fourth-order valence-electron chi connectivity index (χ4n) is 6.47. The van der Waals surface area contributed by atoms with Crippen molar-refractivity contribution in [2.45, 2.75) is 88.0 Å². The molecule has 2 fully saturated rings. The number of rotatable bonds is 6. The number of nitrogens with one attached hydrogen (secondary N) is 1. The summed E-state index contributed by atoms with van der Waals surface area (Å²) >= 11 is 0. The third kappa shape index (κ3) is 4.24. The lowest BCUT2D eigenvalue weighted by atomic mass is 9.76. The first kappa shape index (κ1) is 23.4. The Labute approximate surface area is 201 Å². The minimum Gasteiger partial charge on any atom is -0.486 e. The molecular weight excluding hydrogens is 432 g/mol. The van der Waals surface area contributed by atoms with Gasteiger partial charge in [-0.25, -0.2) is 0 Å². The van der Waals surface area contributed by atoms with E-state index in [0.717, 1.165) is 56.9 Å². The minimum atomic E-state index is -0.931. The van der Waals surface area contributed by atoms with Gasteiger partial charge in [0.15, 0.2) is 0 Å².